The second-order valence-corrected chi connectivity index (χ2v) is 9.72. The van der Waals surface area contributed by atoms with Gasteiger partial charge in [0, 0.05) is 21.8 Å². The molecule has 1 fully saturated rings. The summed E-state index contributed by atoms with van der Waals surface area (Å²) < 4.78 is 42.6. The zero-order valence-corrected chi connectivity index (χ0v) is 19.9. The number of benzene rings is 3. The van der Waals surface area contributed by atoms with E-state index in [9.17, 15) is 27.5 Å². The summed E-state index contributed by atoms with van der Waals surface area (Å²) in [5.41, 5.74) is 10.2. The summed E-state index contributed by atoms with van der Waals surface area (Å²) in [5, 5.41) is 11.4. The lowest BCUT2D eigenvalue weighted by atomic mass is 9.94. The number of hydrogen-bond donors (Lipinski definition) is 3. The van der Waals surface area contributed by atoms with E-state index in [2.05, 4.69) is 4.40 Å². The first kappa shape index (κ1) is 24.9. The van der Waals surface area contributed by atoms with Gasteiger partial charge < -0.3 is 16.6 Å². The average Bonchev–Trinajstić information content (AvgIpc) is 3.09. The highest BCUT2D eigenvalue weighted by Crippen LogP contribution is 2.43. The van der Waals surface area contributed by atoms with Crippen molar-refractivity contribution in [2.75, 3.05) is 4.90 Å². The van der Waals surface area contributed by atoms with Gasteiger partial charge in [0.15, 0.2) is 0 Å². The van der Waals surface area contributed by atoms with E-state index in [1.807, 2.05) is 0 Å². The Kier molecular flexibility index (Phi) is 6.53. The molecule has 1 aliphatic heterocycles. The Balaban J connectivity index is 1.90. The number of nitrogens with two attached hydrogens (primary N) is 2. The molecule has 4 rings (SSSR count). The Morgan fingerprint density at radius 2 is 1.58 bits per heavy atom. The zero-order valence-electron chi connectivity index (χ0n) is 18.3. The highest BCUT2D eigenvalue weighted by atomic mass is 35.5. The molecule has 1 saturated heterocycles. The van der Waals surface area contributed by atoms with Crippen LogP contribution in [0.1, 0.15) is 17.2 Å². The van der Waals surface area contributed by atoms with E-state index in [1.165, 1.54) is 54.6 Å². The van der Waals surface area contributed by atoms with Crippen LogP contribution in [0.4, 0.5) is 10.1 Å². The number of halogens is 2. The van der Waals surface area contributed by atoms with Crippen LogP contribution in [0.3, 0.4) is 0 Å². The molecule has 12 heteroatoms. The molecule has 1 amide bonds. The number of rotatable bonds is 5. The maximum absolute atomic E-state index is 14.9. The molecule has 184 valence electrons. The number of Topliss-reactive ketones (excluding diaryl/α,β-unsaturated/α-hetero) is 1. The van der Waals surface area contributed by atoms with Crippen molar-refractivity contribution in [2.24, 2.45) is 15.9 Å². The fourth-order valence-electron chi connectivity index (χ4n) is 3.82. The third-order valence-corrected chi connectivity index (χ3v) is 6.97. The molecular weight excluding hydrogens is 511 g/mol. The Morgan fingerprint density at radius 3 is 2.17 bits per heavy atom. The lowest BCUT2D eigenvalue weighted by Crippen LogP contribution is -2.30. The first-order valence-corrected chi connectivity index (χ1v) is 12.1. The first-order chi connectivity index (χ1) is 17.0. The standard InChI is InChI=1S/C24H18ClFN4O5S/c25-14-7-5-13(6-8-14)21(31)19-20(17-3-1-2-4-18(17)26)30(23(33)22(19)32)15-9-11-16(12-10-15)36(34,35)29-24(27)28/h1-12,20,31H,(H4,27,28,29)/t20-/m1/s1. The molecule has 3 aromatic carbocycles. The molecule has 9 nitrogen and oxygen atoms in total. The van der Waals surface area contributed by atoms with Crippen LogP contribution in [-0.4, -0.2) is 31.2 Å². The first-order valence-electron chi connectivity index (χ1n) is 10.3. The summed E-state index contributed by atoms with van der Waals surface area (Å²) in [4.78, 5) is 27.0. The monoisotopic (exact) mass is 528 g/mol. The van der Waals surface area contributed by atoms with E-state index in [4.69, 9.17) is 23.1 Å². The molecule has 0 aliphatic carbocycles. The molecular formula is C24H18ClFN4O5S. The van der Waals surface area contributed by atoms with E-state index in [-0.39, 0.29) is 27.3 Å². The quantitative estimate of drug-likeness (QED) is 0.151. The number of ketones is 1. The van der Waals surface area contributed by atoms with Gasteiger partial charge in [-0.1, -0.05) is 29.8 Å². The predicted molar refractivity (Wildman–Crippen MR) is 132 cm³/mol. The van der Waals surface area contributed by atoms with Crippen molar-refractivity contribution in [3.63, 3.8) is 0 Å². The van der Waals surface area contributed by atoms with Crippen LogP contribution in [0.15, 0.2) is 87.7 Å². The normalized spacial score (nSPS) is 17.3. The number of aliphatic hydroxyl groups is 1. The van der Waals surface area contributed by atoms with Gasteiger partial charge in [0.1, 0.15) is 11.6 Å². The third-order valence-electron chi connectivity index (χ3n) is 5.40. The van der Waals surface area contributed by atoms with Crippen molar-refractivity contribution in [3.8, 4) is 0 Å². The molecule has 1 aliphatic rings. The SMILES string of the molecule is NC(N)=NS(=O)(=O)c1ccc(N2C(=O)C(=O)C(=C(O)c3ccc(Cl)cc3)[C@H]2c2ccccc2F)cc1. The van der Waals surface area contributed by atoms with Crippen LogP contribution in [0, 0.1) is 5.82 Å². The number of carbonyl (C=O) groups excluding carboxylic acids is 2. The van der Waals surface area contributed by atoms with Gasteiger partial charge >= 0.3 is 0 Å². The summed E-state index contributed by atoms with van der Waals surface area (Å²) in [6, 6.07) is 14.8. The summed E-state index contributed by atoms with van der Waals surface area (Å²) in [6.07, 6.45) is 0. The molecule has 1 heterocycles. The number of aliphatic hydroxyl groups excluding tert-OH is 1. The van der Waals surface area contributed by atoms with Crippen molar-refractivity contribution < 1.29 is 27.5 Å². The van der Waals surface area contributed by atoms with Crippen LogP contribution in [0.25, 0.3) is 5.76 Å². The lowest BCUT2D eigenvalue weighted by Gasteiger charge is -2.25. The van der Waals surface area contributed by atoms with Crippen LogP contribution >= 0.6 is 11.6 Å². The summed E-state index contributed by atoms with van der Waals surface area (Å²) in [7, 11) is -4.21. The maximum atomic E-state index is 14.9. The minimum absolute atomic E-state index is 0.0515. The van der Waals surface area contributed by atoms with Crippen LogP contribution < -0.4 is 16.4 Å². The molecule has 36 heavy (non-hydrogen) atoms. The van der Waals surface area contributed by atoms with Gasteiger partial charge in [0.2, 0.25) is 5.96 Å². The van der Waals surface area contributed by atoms with E-state index in [0.717, 1.165) is 23.1 Å². The summed E-state index contributed by atoms with van der Waals surface area (Å²) >= 11 is 5.91. The van der Waals surface area contributed by atoms with Gasteiger partial charge in [-0.3, -0.25) is 14.5 Å². The second kappa shape index (κ2) is 9.44. The van der Waals surface area contributed by atoms with E-state index < -0.39 is 45.3 Å². The smallest absolute Gasteiger partial charge is 0.300 e. The van der Waals surface area contributed by atoms with Gasteiger partial charge in [-0.25, -0.2) is 4.39 Å². The van der Waals surface area contributed by atoms with Gasteiger partial charge in [-0.05, 0) is 54.6 Å². The Morgan fingerprint density at radius 1 is 0.972 bits per heavy atom. The fraction of sp³-hybridized carbons (Fsp3) is 0.0417. The molecule has 1 atom stereocenters. The predicted octanol–water partition coefficient (Wildman–Crippen LogP) is 3.07. The molecule has 3 aromatic rings. The number of amides is 1. The van der Waals surface area contributed by atoms with Crippen molar-refractivity contribution in [3.05, 3.63) is 100 Å². The van der Waals surface area contributed by atoms with E-state index >= 15 is 0 Å². The Labute approximate surface area is 210 Å². The lowest BCUT2D eigenvalue weighted by molar-refractivity contribution is -0.132. The summed E-state index contributed by atoms with van der Waals surface area (Å²) in [5.74, 6) is -3.99. The molecule has 0 unspecified atom stereocenters. The van der Waals surface area contributed by atoms with Crippen LogP contribution in [0.5, 0.6) is 0 Å². The van der Waals surface area contributed by atoms with Crippen molar-refractivity contribution >= 4 is 50.7 Å². The number of nitrogens with zero attached hydrogens (tertiary/aromatic N) is 2. The zero-order chi connectivity index (χ0) is 26.2. The van der Waals surface area contributed by atoms with E-state index in [0.29, 0.717) is 5.02 Å². The largest absolute Gasteiger partial charge is 0.507 e. The van der Waals surface area contributed by atoms with Gasteiger partial charge in [0.05, 0.1) is 16.5 Å². The fourth-order valence-corrected chi connectivity index (χ4v) is 4.81. The molecule has 0 spiro atoms. The number of carbonyl (C=O) groups is 2. The van der Waals surface area contributed by atoms with Crippen molar-refractivity contribution in [2.45, 2.75) is 10.9 Å². The number of guanidine groups is 1. The number of anilines is 1. The molecule has 5 N–H and O–H groups in total. The Bertz CT molecular complexity index is 1530. The third kappa shape index (κ3) is 4.53. The highest BCUT2D eigenvalue weighted by Gasteiger charge is 2.47. The van der Waals surface area contributed by atoms with E-state index in [1.54, 1.807) is 0 Å². The minimum atomic E-state index is -4.21. The van der Waals surface area contributed by atoms with Crippen LogP contribution in [0.2, 0.25) is 5.02 Å². The Hall–Kier alpha value is -4.22. The highest BCUT2D eigenvalue weighted by molar-refractivity contribution is 7.90. The molecule has 0 radical (unpaired) electrons. The average molecular weight is 529 g/mol. The molecule has 0 saturated carbocycles. The van der Waals surface area contributed by atoms with Gasteiger partial charge in [0.25, 0.3) is 21.7 Å². The summed E-state index contributed by atoms with van der Waals surface area (Å²) in [6.45, 7) is 0. The topological polar surface area (TPSA) is 156 Å². The van der Waals surface area contributed by atoms with Crippen molar-refractivity contribution in [1.82, 2.24) is 0 Å². The number of hydrogen-bond acceptors (Lipinski definition) is 5. The molecule has 0 aromatic heterocycles. The maximum Gasteiger partial charge on any atom is 0.300 e. The van der Waals surface area contributed by atoms with Gasteiger partial charge in [-0.15, -0.1) is 4.40 Å². The minimum Gasteiger partial charge on any atom is -0.507 e. The molecule has 0 bridgehead atoms. The second-order valence-electron chi connectivity index (χ2n) is 7.68. The van der Waals surface area contributed by atoms with Crippen LogP contribution in [-0.2, 0) is 19.6 Å². The van der Waals surface area contributed by atoms with Gasteiger partial charge in [-0.2, -0.15) is 8.42 Å². The number of sulfonamides is 1. The van der Waals surface area contributed by atoms with Crippen molar-refractivity contribution in [1.29, 1.82) is 0 Å².